The molecule has 1 fully saturated rings. The van der Waals surface area contributed by atoms with Gasteiger partial charge in [-0.3, -0.25) is 4.79 Å². The van der Waals surface area contributed by atoms with E-state index in [2.05, 4.69) is 0 Å². The maximum Gasteiger partial charge on any atom is 0.326 e. The third-order valence-electron chi connectivity index (χ3n) is 3.08. The number of hydrogen-bond acceptors (Lipinski definition) is 3. The van der Waals surface area contributed by atoms with Crippen molar-refractivity contribution in [2.24, 2.45) is 11.1 Å². The van der Waals surface area contributed by atoms with Crippen LogP contribution in [0.25, 0.3) is 0 Å². The number of nitrogens with two attached hydrogens (primary N) is 1. The zero-order valence-corrected chi connectivity index (χ0v) is 9.81. The third kappa shape index (κ3) is 2.08. The van der Waals surface area contributed by atoms with Gasteiger partial charge in [-0.1, -0.05) is 6.92 Å². The number of ether oxygens (including phenoxy) is 1. The molecule has 1 rings (SSSR count). The molecular formula is C11H21NO2. The molecule has 1 atom stereocenters. The summed E-state index contributed by atoms with van der Waals surface area (Å²) in [5.41, 5.74) is 4.67. The summed E-state index contributed by atoms with van der Waals surface area (Å²) in [4.78, 5) is 11.8. The molecular weight excluding hydrogens is 178 g/mol. The highest BCUT2D eigenvalue weighted by atomic mass is 16.6. The van der Waals surface area contributed by atoms with E-state index in [9.17, 15) is 4.79 Å². The third-order valence-corrected chi connectivity index (χ3v) is 3.08. The average molecular weight is 199 g/mol. The maximum absolute atomic E-state index is 11.8. The largest absolute Gasteiger partial charge is 0.459 e. The lowest BCUT2D eigenvalue weighted by Crippen LogP contribution is -2.54. The quantitative estimate of drug-likeness (QED) is 0.690. The number of esters is 1. The van der Waals surface area contributed by atoms with Gasteiger partial charge in [-0.2, -0.15) is 0 Å². The summed E-state index contributed by atoms with van der Waals surface area (Å²) in [7, 11) is 0. The minimum Gasteiger partial charge on any atom is -0.459 e. The smallest absolute Gasteiger partial charge is 0.326 e. The Hall–Kier alpha value is -0.570. The number of rotatable bonds is 2. The Labute approximate surface area is 86.0 Å². The van der Waals surface area contributed by atoms with Gasteiger partial charge in [0.1, 0.15) is 11.1 Å². The van der Waals surface area contributed by atoms with E-state index in [1.807, 2.05) is 27.7 Å². The molecule has 0 aromatic carbocycles. The van der Waals surface area contributed by atoms with Crippen molar-refractivity contribution in [2.75, 3.05) is 0 Å². The molecule has 1 unspecified atom stereocenters. The minimum absolute atomic E-state index is 0.0602. The van der Waals surface area contributed by atoms with Gasteiger partial charge in [0.2, 0.25) is 0 Å². The van der Waals surface area contributed by atoms with Crippen LogP contribution >= 0.6 is 0 Å². The van der Waals surface area contributed by atoms with Crippen LogP contribution in [0.2, 0.25) is 0 Å². The van der Waals surface area contributed by atoms with Gasteiger partial charge in [0.05, 0.1) is 0 Å². The van der Waals surface area contributed by atoms with Gasteiger partial charge < -0.3 is 10.5 Å². The molecule has 0 aliphatic heterocycles. The van der Waals surface area contributed by atoms with E-state index in [1.165, 1.54) is 0 Å². The molecule has 2 N–H and O–H groups in total. The van der Waals surface area contributed by atoms with Crippen molar-refractivity contribution in [3.63, 3.8) is 0 Å². The summed E-state index contributed by atoms with van der Waals surface area (Å²) < 4.78 is 5.31. The molecule has 0 radical (unpaired) electrons. The van der Waals surface area contributed by atoms with Crippen LogP contribution in [0, 0.1) is 5.41 Å². The molecule has 82 valence electrons. The van der Waals surface area contributed by atoms with E-state index < -0.39 is 11.1 Å². The van der Waals surface area contributed by atoms with Gasteiger partial charge >= 0.3 is 5.97 Å². The van der Waals surface area contributed by atoms with Gasteiger partial charge in [0, 0.05) is 0 Å². The molecule has 0 spiro atoms. The molecule has 14 heavy (non-hydrogen) atoms. The first-order valence-electron chi connectivity index (χ1n) is 5.11. The van der Waals surface area contributed by atoms with Gasteiger partial charge in [0.25, 0.3) is 0 Å². The lowest BCUT2D eigenvalue weighted by atomic mass is 9.85. The Bertz CT molecular complexity index is 247. The van der Waals surface area contributed by atoms with Gasteiger partial charge in [0.15, 0.2) is 0 Å². The molecule has 0 aromatic heterocycles. The lowest BCUT2D eigenvalue weighted by molar-refractivity contribution is -0.163. The highest BCUT2D eigenvalue weighted by Gasteiger charge is 2.56. The summed E-state index contributed by atoms with van der Waals surface area (Å²) in [6, 6.07) is 0. The van der Waals surface area contributed by atoms with Crippen LogP contribution in [0.4, 0.5) is 0 Å². The molecule has 1 aliphatic rings. The Morgan fingerprint density at radius 3 is 2.00 bits per heavy atom. The van der Waals surface area contributed by atoms with Crippen molar-refractivity contribution >= 4 is 5.97 Å². The summed E-state index contributed by atoms with van der Waals surface area (Å²) in [5, 5.41) is 0. The molecule has 0 bridgehead atoms. The predicted octanol–water partition coefficient (Wildman–Crippen LogP) is 1.85. The van der Waals surface area contributed by atoms with Crippen LogP contribution in [0.3, 0.4) is 0 Å². The SMILES string of the molecule is CC(C)(C)OC(=O)C(C)(N)C1(C)CC1. The first-order valence-corrected chi connectivity index (χ1v) is 5.11. The minimum atomic E-state index is -0.847. The van der Waals surface area contributed by atoms with Crippen molar-refractivity contribution < 1.29 is 9.53 Å². The van der Waals surface area contributed by atoms with Crippen LogP contribution in [0.15, 0.2) is 0 Å². The Morgan fingerprint density at radius 1 is 1.29 bits per heavy atom. The van der Waals surface area contributed by atoms with E-state index in [0.29, 0.717) is 0 Å². The van der Waals surface area contributed by atoms with E-state index in [1.54, 1.807) is 6.92 Å². The Balaban J connectivity index is 2.69. The van der Waals surface area contributed by atoms with Crippen molar-refractivity contribution in [1.82, 2.24) is 0 Å². The lowest BCUT2D eigenvalue weighted by Gasteiger charge is -2.32. The van der Waals surface area contributed by atoms with Gasteiger partial charge in [-0.25, -0.2) is 0 Å². The Kier molecular flexibility index (Phi) is 2.43. The van der Waals surface area contributed by atoms with Gasteiger partial charge in [-0.15, -0.1) is 0 Å². The van der Waals surface area contributed by atoms with Crippen molar-refractivity contribution in [2.45, 2.75) is 58.6 Å². The fraction of sp³-hybridized carbons (Fsp3) is 0.909. The second kappa shape index (κ2) is 2.96. The van der Waals surface area contributed by atoms with Crippen LogP contribution in [0.1, 0.15) is 47.5 Å². The summed E-state index contributed by atoms with van der Waals surface area (Å²) in [6.07, 6.45) is 2.03. The molecule has 3 nitrogen and oxygen atoms in total. The van der Waals surface area contributed by atoms with Crippen molar-refractivity contribution in [3.8, 4) is 0 Å². The zero-order valence-electron chi connectivity index (χ0n) is 9.81. The molecule has 0 amide bonds. The fourth-order valence-electron chi connectivity index (χ4n) is 1.34. The highest BCUT2D eigenvalue weighted by molar-refractivity contribution is 5.82. The highest BCUT2D eigenvalue weighted by Crippen LogP contribution is 2.53. The second-order valence-corrected chi connectivity index (χ2v) is 5.76. The van der Waals surface area contributed by atoms with Crippen molar-refractivity contribution in [3.05, 3.63) is 0 Å². The van der Waals surface area contributed by atoms with E-state index in [-0.39, 0.29) is 11.4 Å². The normalized spacial score (nSPS) is 23.9. The first-order chi connectivity index (χ1) is 6.08. The summed E-state index contributed by atoms with van der Waals surface area (Å²) >= 11 is 0. The molecule has 0 heterocycles. The first kappa shape index (κ1) is 11.5. The number of carbonyl (C=O) groups excluding carboxylic acids is 1. The molecule has 1 aliphatic carbocycles. The van der Waals surface area contributed by atoms with Crippen LogP contribution < -0.4 is 5.73 Å². The average Bonchev–Trinajstić information content (AvgIpc) is 2.65. The number of hydrogen-bond donors (Lipinski definition) is 1. The predicted molar refractivity (Wildman–Crippen MR) is 55.8 cm³/mol. The van der Waals surface area contributed by atoms with E-state index >= 15 is 0 Å². The molecule has 3 heteroatoms. The number of carbonyl (C=O) groups is 1. The Morgan fingerprint density at radius 2 is 1.71 bits per heavy atom. The maximum atomic E-state index is 11.8. The zero-order chi connectivity index (χ0) is 11.2. The molecule has 0 aromatic rings. The van der Waals surface area contributed by atoms with Gasteiger partial charge in [-0.05, 0) is 46.0 Å². The van der Waals surface area contributed by atoms with E-state index in [0.717, 1.165) is 12.8 Å². The summed E-state index contributed by atoms with van der Waals surface area (Å²) in [6.45, 7) is 9.38. The van der Waals surface area contributed by atoms with Crippen LogP contribution in [0.5, 0.6) is 0 Å². The molecule has 0 saturated heterocycles. The standard InChI is InChI=1S/C11H21NO2/c1-9(2,3)14-8(13)11(5,12)10(4)6-7-10/h6-7,12H2,1-5H3. The van der Waals surface area contributed by atoms with Crippen LogP contribution in [-0.2, 0) is 9.53 Å². The summed E-state index contributed by atoms with van der Waals surface area (Å²) in [5.74, 6) is -0.287. The fourth-order valence-corrected chi connectivity index (χ4v) is 1.34. The molecule has 1 saturated carbocycles. The second-order valence-electron chi connectivity index (χ2n) is 5.76. The van der Waals surface area contributed by atoms with E-state index in [4.69, 9.17) is 10.5 Å². The topological polar surface area (TPSA) is 52.3 Å². The van der Waals surface area contributed by atoms with Crippen molar-refractivity contribution in [1.29, 1.82) is 0 Å². The monoisotopic (exact) mass is 199 g/mol. The van der Waals surface area contributed by atoms with Crippen LogP contribution in [-0.4, -0.2) is 17.1 Å².